The summed E-state index contributed by atoms with van der Waals surface area (Å²) in [4.78, 5) is 21.6. The Kier molecular flexibility index (Phi) is 4.79. The standard InChI is InChI=1S/C18H23N3O3S/c1-12-10-17(22)20-18(19-12)13(2)21-8-6-14-4-5-16(25(3,23)24)11-15(14)7-9-21/h4-5,10-11,13H,6-9H2,1-3H3,(H,19,20,22). The van der Waals surface area contributed by atoms with Gasteiger partial charge in [-0.1, -0.05) is 6.07 Å². The van der Waals surface area contributed by atoms with Gasteiger partial charge in [0, 0.05) is 31.1 Å². The summed E-state index contributed by atoms with van der Waals surface area (Å²) in [6.07, 6.45) is 2.86. The van der Waals surface area contributed by atoms with Crippen LogP contribution in [0.5, 0.6) is 0 Å². The predicted octanol–water partition coefficient (Wildman–Crippen LogP) is 1.64. The molecule has 0 amide bonds. The van der Waals surface area contributed by atoms with E-state index in [1.165, 1.54) is 17.9 Å². The number of hydrogen-bond donors (Lipinski definition) is 1. The molecule has 1 aliphatic rings. The number of aromatic amines is 1. The average Bonchev–Trinajstić information content (AvgIpc) is 2.74. The Balaban J connectivity index is 1.83. The minimum atomic E-state index is -3.19. The number of benzene rings is 1. The van der Waals surface area contributed by atoms with E-state index in [4.69, 9.17) is 0 Å². The van der Waals surface area contributed by atoms with Gasteiger partial charge in [-0.05, 0) is 49.9 Å². The van der Waals surface area contributed by atoms with Crippen molar-refractivity contribution in [2.45, 2.75) is 37.6 Å². The van der Waals surface area contributed by atoms with Gasteiger partial charge in [0.05, 0.1) is 10.9 Å². The second-order valence-electron chi connectivity index (χ2n) is 6.69. The molecule has 1 unspecified atom stereocenters. The number of aryl methyl sites for hydroxylation is 1. The molecule has 6 nitrogen and oxygen atoms in total. The summed E-state index contributed by atoms with van der Waals surface area (Å²) in [5, 5.41) is 0. The Labute approximate surface area is 147 Å². The number of fused-ring (bicyclic) bond motifs is 1. The highest BCUT2D eigenvalue weighted by Crippen LogP contribution is 2.24. The maximum absolute atomic E-state index is 11.8. The molecule has 3 rings (SSSR count). The van der Waals surface area contributed by atoms with Gasteiger partial charge in [0.1, 0.15) is 5.82 Å². The lowest BCUT2D eigenvalue weighted by atomic mass is 10.0. The van der Waals surface area contributed by atoms with Gasteiger partial charge in [0.25, 0.3) is 5.56 Å². The van der Waals surface area contributed by atoms with Crippen molar-refractivity contribution < 1.29 is 8.42 Å². The second-order valence-corrected chi connectivity index (χ2v) is 8.70. The van der Waals surface area contributed by atoms with Crippen LogP contribution in [0, 0.1) is 6.92 Å². The largest absolute Gasteiger partial charge is 0.309 e. The van der Waals surface area contributed by atoms with Crippen LogP contribution < -0.4 is 5.56 Å². The molecule has 0 saturated heterocycles. The zero-order valence-corrected chi connectivity index (χ0v) is 15.6. The van der Waals surface area contributed by atoms with Crippen LogP contribution in [0.3, 0.4) is 0 Å². The van der Waals surface area contributed by atoms with E-state index in [2.05, 4.69) is 14.9 Å². The molecule has 0 spiro atoms. The average molecular weight is 361 g/mol. The van der Waals surface area contributed by atoms with Crippen molar-refractivity contribution in [1.82, 2.24) is 14.9 Å². The molecule has 1 aliphatic heterocycles. The number of nitrogens with one attached hydrogen (secondary N) is 1. The summed E-state index contributed by atoms with van der Waals surface area (Å²) in [7, 11) is -3.19. The highest BCUT2D eigenvalue weighted by Gasteiger charge is 2.22. The third kappa shape index (κ3) is 3.99. The van der Waals surface area contributed by atoms with Crippen LogP contribution in [0.4, 0.5) is 0 Å². The summed E-state index contributed by atoms with van der Waals surface area (Å²) in [6.45, 7) is 5.48. The third-order valence-corrected chi connectivity index (χ3v) is 5.88. The zero-order valence-electron chi connectivity index (χ0n) is 14.7. The lowest BCUT2D eigenvalue weighted by Crippen LogP contribution is -2.32. The molecule has 0 radical (unpaired) electrons. The van der Waals surface area contributed by atoms with Crippen molar-refractivity contribution in [3.63, 3.8) is 0 Å². The van der Waals surface area contributed by atoms with Gasteiger partial charge >= 0.3 is 0 Å². The fraction of sp³-hybridized carbons (Fsp3) is 0.444. The molecule has 1 N–H and O–H groups in total. The minimum Gasteiger partial charge on any atom is -0.309 e. The van der Waals surface area contributed by atoms with Gasteiger partial charge in [-0.2, -0.15) is 0 Å². The first-order valence-corrected chi connectivity index (χ1v) is 10.3. The molecule has 1 atom stereocenters. The monoisotopic (exact) mass is 361 g/mol. The highest BCUT2D eigenvalue weighted by atomic mass is 32.2. The van der Waals surface area contributed by atoms with Crippen molar-refractivity contribution in [3.8, 4) is 0 Å². The lowest BCUT2D eigenvalue weighted by Gasteiger charge is -2.26. The second kappa shape index (κ2) is 6.72. The number of sulfone groups is 1. The third-order valence-electron chi connectivity index (χ3n) is 4.77. The van der Waals surface area contributed by atoms with Crippen LogP contribution in [0.25, 0.3) is 0 Å². The predicted molar refractivity (Wildman–Crippen MR) is 96.5 cm³/mol. The van der Waals surface area contributed by atoms with Crippen molar-refractivity contribution in [3.05, 3.63) is 57.3 Å². The van der Waals surface area contributed by atoms with E-state index in [1.807, 2.05) is 19.9 Å². The molecule has 2 heterocycles. The number of hydrogen-bond acceptors (Lipinski definition) is 5. The van der Waals surface area contributed by atoms with Gasteiger partial charge < -0.3 is 4.98 Å². The Morgan fingerprint density at radius 1 is 1.16 bits per heavy atom. The summed E-state index contributed by atoms with van der Waals surface area (Å²) >= 11 is 0. The van der Waals surface area contributed by atoms with E-state index in [0.29, 0.717) is 16.4 Å². The first kappa shape index (κ1) is 17.8. The van der Waals surface area contributed by atoms with Crippen molar-refractivity contribution in [2.75, 3.05) is 19.3 Å². The van der Waals surface area contributed by atoms with E-state index >= 15 is 0 Å². The van der Waals surface area contributed by atoms with Crippen LogP contribution in [-0.4, -0.2) is 42.6 Å². The summed E-state index contributed by atoms with van der Waals surface area (Å²) in [5.41, 5.74) is 2.85. The van der Waals surface area contributed by atoms with Crippen LogP contribution in [0.2, 0.25) is 0 Å². The number of aromatic nitrogens is 2. The molecular formula is C18H23N3O3S. The maximum atomic E-state index is 11.8. The molecule has 0 aliphatic carbocycles. The Morgan fingerprint density at radius 3 is 2.48 bits per heavy atom. The lowest BCUT2D eigenvalue weighted by molar-refractivity contribution is 0.212. The molecule has 7 heteroatoms. The smallest absolute Gasteiger partial charge is 0.251 e. The first-order valence-electron chi connectivity index (χ1n) is 8.38. The van der Waals surface area contributed by atoms with Crippen LogP contribution in [-0.2, 0) is 22.7 Å². The molecule has 2 aromatic rings. The molecule has 0 saturated carbocycles. The normalized spacial score (nSPS) is 16.9. The molecule has 0 fully saturated rings. The fourth-order valence-electron chi connectivity index (χ4n) is 3.31. The topological polar surface area (TPSA) is 83.1 Å². The van der Waals surface area contributed by atoms with Gasteiger partial charge in [-0.3, -0.25) is 9.69 Å². The zero-order chi connectivity index (χ0) is 18.2. The number of rotatable bonds is 3. The first-order chi connectivity index (χ1) is 11.7. The van der Waals surface area contributed by atoms with Crippen molar-refractivity contribution in [1.29, 1.82) is 0 Å². The highest BCUT2D eigenvalue weighted by molar-refractivity contribution is 7.90. The van der Waals surface area contributed by atoms with E-state index in [-0.39, 0.29) is 11.6 Å². The van der Waals surface area contributed by atoms with Crippen molar-refractivity contribution >= 4 is 9.84 Å². The van der Waals surface area contributed by atoms with Gasteiger partial charge in [0.15, 0.2) is 9.84 Å². The van der Waals surface area contributed by atoms with Crippen LogP contribution >= 0.6 is 0 Å². The minimum absolute atomic E-state index is 0.00343. The summed E-state index contributed by atoms with van der Waals surface area (Å²) in [5.74, 6) is 0.674. The molecular weight excluding hydrogens is 338 g/mol. The quantitative estimate of drug-likeness (QED) is 0.899. The number of nitrogens with zero attached hydrogens (tertiary/aromatic N) is 2. The van der Waals surface area contributed by atoms with E-state index < -0.39 is 9.84 Å². The van der Waals surface area contributed by atoms with Crippen LogP contribution in [0.1, 0.15) is 35.6 Å². The van der Waals surface area contributed by atoms with Gasteiger partial charge in [-0.25, -0.2) is 13.4 Å². The Morgan fingerprint density at radius 2 is 1.84 bits per heavy atom. The van der Waals surface area contributed by atoms with E-state index in [1.54, 1.807) is 12.1 Å². The molecule has 25 heavy (non-hydrogen) atoms. The summed E-state index contributed by atoms with van der Waals surface area (Å²) < 4.78 is 23.5. The summed E-state index contributed by atoms with van der Waals surface area (Å²) in [6, 6.07) is 6.89. The Bertz CT molecular complexity index is 950. The molecule has 0 bridgehead atoms. The molecule has 1 aromatic heterocycles. The molecule has 1 aromatic carbocycles. The van der Waals surface area contributed by atoms with Crippen LogP contribution in [0.15, 0.2) is 34.0 Å². The number of H-pyrrole nitrogens is 1. The van der Waals surface area contributed by atoms with E-state index in [9.17, 15) is 13.2 Å². The van der Waals surface area contributed by atoms with Gasteiger partial charge in [-0.15, -0.1) is 0 Å². The molecule has 134 valence electrons. The van der Waals surface area contributed by atoms with Crippen molar-refractivity contribution in [2.24, 2.45) is 0 Å². The fourth-order valence-corrected chi connectivity index (χ4v) is 3.98. The van der Waals surface area contributed by atoms with E-state index in [0.717, 1.165) is 31.5 Å². The SMILES string of the molecule is Cc1cc(=O)[nH]c(C(C)N2CCc3ccc(S(C)(=O)=O)cc3CC2)n1. The van der Waals surface area contributed by atoms with Gasteiger partial charge in [0.2, 0.25) is 0 Å². The maximum Gasteiger partial charge on any atom is 0.251 e. The Hall–Kier alpha value is -1.99.